The van der Waals surface area contributed by atoms with E-state index in [1.54, 1.807) is 12.8 Å². The van der Waals surface area contributed by atoms with Crippen LogP contribution < -0.4 is 0 Å². The molecular formula is C13H11BrFeO+2. The van der Waals surface area contributed by atoms with Crippen LogP contribution in [-0.2, 0) is 21.9 Å². The summed E-state index contributed by atoms with van der Waals surface area (Å²) in [5, 5.41) is 0. The Labute approximate surface area is 118 Å². The molecule has 0 aromatic rings. The minimum absolute atomic E-state index is 0. The number of carbonyl (C=O) groups is 1. The van der Waals surface area contributed by atoms with Gasteiger partial charge in [0, 0.05) is 0 Å². The minimum Gasteiger partial charge on any atom is -0.293 e. The predicted octanol–water partition coefficient (Wildman–Crippen LogP) is 2.89. The molecule has 2 aliphatic carbocycles. The van der Waals surface area contributed by atoms with E-state index in [0.29, 0.717) is 10.4 Å². The Morgan fingerprint density at radius 3 is 1.62 bits per heavy atom. The van der Waals surface area contributed by atoms with Gasteiger partial charge in [0.2, 0.25) is 0 Å². The van der Waals surface area contributed by atoms with Crippen molar-refractivity contribution in [2.45, 2.75) is 0 Å². The SMILES string of the molecule is C=C(Br)C(=O)[C]1[CH][CH][CH][CH]1.[CH]1[CH][CH][CH][CH]1.[Fe+2]. The van der Waals surface area contributed by atoms with Gasteiger partial charge in [-0.2, -0.15) is 0 Å². The van der Waals surface area contributed by atoms with Crippen molar-refractivity contribution in [1.82, 2.24) is 0 Å². The maximum absolute atomic E-state index is 11.1. The minimum atomic E-state index is -0.0509. The Morgan fingerprint density at radius 2 is 1.31 bits per heavy atom. The van der Waals surface area contributed by atoms with Crippen LogP contribution in [0.1, 0.15) is 0 Å². The van der Waals surface area contributed by atoms with Crippen LogP contribution in [0.5, 0.6) is 0 Å². The number of allylic oxidation sites excluding steroid dienone is 1. The monoisotopic (exact) mass is 318 g/mol. The van der Waals surface area contributed by atoms with Gasteiger partial charge in [0.15, 0.2) is 5.78 Å². The molecule has 0 aromatic heterocycles. The number of halogens is 1. The van der Waals surface area contributed by atoms with Crippen LogP contribution in [-0.4, -0.2) is 5.78 Å². The van der Waals surface area contributed by atoms with Crippen molar-refractivity contribution in [3.63, 3.8) is 0 Å². The summed E-state index contributed by atoms with van der Waals surface area (Å²) in [6, 6.07) is 0. The van der Waals surface area contributed by atoms with Crippen LogP contribution in [0.25, 0.3) is 0 Å². The second-order valence-corrected chi connectivity index (χ2v) is 3.83. The van der Waals surface area contributed by atoms with Crippen LogP contribution >= 0.6 is 15.9 Å². The number of hydrogen-bond acceptors (Lipinski definition) is 1. The average Bonchev–Trinajstić information content (AvgIpc) is 2.92. The van der Waals surface area contributed by atoms with Crippen molar-refractivity contribution in [2.75, 3.05) is 0 Å². The first-order valence-corrected chi connectivity index (χ1v) is 5.28. The van der Waals surface area contributed by atoms with Crippen molar-refractivity contribution in [3.8, 4) is 0 Å². The molecule has 0 N–H and O–H groups in total. The number of ketones is 1. The second-order valence-electron chi connectivity index (χ2n) is 2.87. The quantitative estimate of drug-likeness (QED) is 0.565. The zero-order valence-electron chi connectivity index (χ0n) is 8.54. The van der Waals surface area contributed by atoms with Crippen LogP contribution in [0, 0.1) is 63.7 Å². The van der Waals surface area contributed by atoms with Crippen LogP contribution in [0.2, 0.25) is 0 Å². The van der Waals surface area contributed by atoms with Gasteiger partial charge in [-0.15, -0.1) is 0 Å². The average molecular weight is 319 g/mol. The summed E-state index contributed by atoms with van der Waals surface area (Å²) < 4.78 is 0.402. The van der Waals surface area contributed by atoms with Crippen molar-refractivity contribution in [1.29, 1.82) is 0 Å². The Balaban J connectivity index is 0.000000318. The molecule has 0 saturated heterocycles. The first kappa shape index (κ1) is 16.4. The second kappa shape index (κ2) is 9.44. The number of Topliss-reactive ketones (excluding diaryl/α,β-unsaturated/α-hetero) is 1. The summed E-state index contributed by atoms with van der Waals surface area (Å²) >= 11 is 3.02. The first-order valence-electron chi connectivity index (χ1n) is 4.49. The van der Waals surface area contributed by atoms with E-state index in [1.165, 1.54) is 0 Å². The Kier molecular flexibility index (Phi) is 9.68. The molecule has 0 aliphatic heterocycles. The molecule has 0 heterocycles. The summed E-state index contributed by atoms with van der Waals surface area (Å²) in [6.45, 7) is 3.48. The molecule has 82 valence electrons. The van der Waals surface area contributed by atoms with E-state index in [9.17, 15) is 4.79 Å². The summed E-state index contributed by atoms with van der Waals surface area (Å²) in [4.78, 5) is 11.1. The summed E-state index contributed by atoms with van der Waals surface area (Å²) in [7, 11) is 0. The molecule has 0 aromatic carbocycles. The topological polar surface area (TPSA) is 17.1 Å². The fraction of sp³-hybridized carbons (Fsp3) is 0. The third kappa shape index (κ3) is 6.22. The van der Waals surface area contributed by atoms with Crippen LogP contribution in [0.15, 0.2) is 11.1 Å². The standard InChI is InChI=1S/C8H6BrO.C5H5.Fe/c1-6(9)8(10)7-4-2-3-5-7;1-2-4-5-3-1;/h2-5H,1H2;1-5H;/q;;+2. The van der Waals surface area contributed by atoms with E-state index in [4.69, 9.17) is 0 Å². The molecule has 2 aliphatic rings. The Morgan fingerprint density at radius 1 is 0.938 bits per heavy atom. The summed E-state index contributed by atoms with van der Waals surface area (Å²) in [5.74, 6) is 0.631. The van der Waals surface area contributed by atoms with Gasteiger partial charge in [0.25, 0.3) is 0 Å². The van der Waals surface area contributed by atoms with E-state index in [-0.39, 0.29) is 22.9 Å². The molecule has 0 bridgehead atoms. The largest absolute Gasteiger partial charge is 2.00 e. The van der Waals surface area contributed by atoms with Gasteiger partial charge in [-0.05, 0) is 73.7 Å². The third-order valence-electron chi connectivity index (χ3n) is 1.73. The first-order chi connectivity index (χ1) is 7.22. The molecule has 2 fully saturated rings. The fourth-order valence-corrected chi connectivity index (χ4v) is 1.23. The van der Waals surface area contributed by atoms with Crippen molar-refractivity contribution in [2.24, 2.45) is 0 Å². The molecule has 0 spiro atoms. The smallest absolute Gasteiger partial charge is 0.293 e. The van der Waals surface area contributed by atoms with Crippen LogP contribution in [0.4, 0.5) is 0 Å². The Bertz CT molecular complexity index is 210. The molecule has 0 unspecified atom stereocenters. The molecule has 2 saturated carbocycles. The predicted molar refractivity (Wildman–Crippen MR) is 65.0 cm³/mol. The normalized spacial score (nSPS) is 19.6. The van der Waals surface area contributed by atoms with E-state index >= 15 is 0 Å². The molecule has 2 rings (SSSR count). The van der Waals surface area contributed by atoms with Crippen molar-refractivity contribution >= 4 is 21.7 Å². The molecule has 1 nitrogen and oxygen atoms in total. The van der Waals surface area contributed by atoms with Gasteiger partial charge >= 0.3 is 17.1 Å². The maximum Gasteiger partial charge on any atom is 2.00 e. The van der Waals surface area contributed by atoms with E-state index < -0.39 is 0 Å². The zero-order valence-corrected chi connectivity index (χ0v) is 11.2. The number of hydrogen-bond donors (Lipinski definition) is 0. The number of carbonyl (C=O) groups excluding carboxylic acids is 1. The van der Waals surface area contributed by atoms with Crippen molar-refractivity contribution < 1.29 is 21.9 Å². The van der Waals surface area contributed by atoms with Crippen molar-refractivity contribution in [3.05, 3.63) is 74.8 Å². The molecule has 10 radical (unpaired) electrons. The summed E-state index contributed by atoms with van der Waals surface area (Å²) in [6.07, 6.45) is 17.2. The van der Waals surface area contributed by atoms with Crippen LogP contribution in [0.3, 0.4) is 0 Å². The van der Waals surface area contributed by atoms with Gasteiger partial charge in [-0.25, -0.2) is 0 Å². The maximum atomic E-state index is 11.1. The molecule has 0 amide bonds. The summed E-state index contributed by atoms with van der Waals surface area (Å²) in [5.41, 5.74) is 0. The fourth-order valence-electron chi connectivity index (χ4n) is 1.00. The van der Waals surface area contributed by atoms with Gasteiger partial charge < -0.3 is 0 Å². The Hall–Kier alpha value is 0.409. The third-order valence-corrected chi connectivity index (χ3v) is 2.09. The molecule has 16 heavy (non-hydrogen) atoms. The van der Waals surface area contributed by atoms with Gasteiger partial charge in [0.1, 0.15) is 0 Å². The number of rotatable bonds is 2. The van der Waals surface area contributed by atoms with Gasteiger partial charge in [0.05, 0.1) is 10.4 Å². The van der Waals surface area contributed by atoms with Gasteiger partial charge in [-0.1, -0.05) is 6.58 Å². The molecule has 3 heteroatoms. The van der Waals surface area contributed by atoms with E-state index in [1.807, 2.05) is 44.9 Å². The van der Waals surface area contributed by atoms with Gasteiger partial charge in [-0.3, -0.25) is 4.79 Å². The molecule has 0 atom stereocenters. The zero-order chi connectivity index (χ0) is 11.1. The van der Waals surface area contributed by atoms with E-state index in [2.05, 4.69) is 22.5 Å². The molecular weight excluding hydrogens is 308 g/mol. The van der Waals surface area contributed by atoms with E-state index in [0.717, 1.165) is 0 Å².